The predicted octanol–water partition coefficient (Wildman–Crippen LogP) is 3.45. The minimum absolute atomic E-state index is 0.702. The van der Waals surface area contributed by atoms with Crippen LogP contribution < -0.4 is 10.1 Å². The first kappa shape index (κ1) is 13.8. The number of ether oxygens (including phenoxy) is 1. The van der Waals surface area contributed by atoms with Crippen molar-refractivity contribution in [2.45, 2.75) is 33.2 Å². The highest BCUT2D eigenvalue weighted by atomic mass is 16.5. The average molecular weight is 233 g/mol. The Kier molecular flexibility index (Phi) is 6.41. The first-order valence-corrected chi connectivity index (χ1v) is 6.32. The van der Waals surface area contributed by atoms with Crippen LogP contribution >= 0.6 is 0 Å². The summed E-state index contributed by atoms with van der Waals surface area (Å²) in [6, 6.07) is 6.33. The third kappa shape index (κ3) is 5.05. The van der Waals surface area contributed by atoms with E-state index in [4.69, 9.17) is 4.74 Å². The highest BCUT2D eigenvalue weighted by Crippen LogP contribution is 2.20. The van der Waals surface area contributed by atoms with Gasteiger partial charge >= 0.3 is 0 Å². The maximum atomic E-state index is 5.75. The average Bonchev–Trinajstić information content (AvgIpc) is 2.32. The third-order valence-corrected chi connectivity index (χ3v) is 2.54. The highest BCUT2D eigenvalue weighted by molar-refractivity contribution is 5.36. The largest absolute Gasteiger partial charge is 0.493 e. The van der Waals surface area contributed by atoms with Gasteiger partial charge in [0.05, 0.1) is 6.61 Å². The standard InChI is InChI=1S/C15H23NO/c1-4-6-10-17-15-8-7-13(3)11-14(15)12-16-9-5-2/h4,7-8,11,16H,1,5-6,9-10,12H2,2-3H3. The molecule has 2 heteroatoms. The molecule has 17 heavy (non-hydrogen) atoms. The minimum Gasteiger partial charge on any atom is -0.493 e. The molecule has 1 N–H and O–H groups in total. The summed E-state index contributed by atoms with van der Waals surface area (Å²) in [5.41, 5.74) is 2.51. The Labute approximate surface area is 105 Å². The molecular weight excluding hydrogens is 210 g/mol. The molecule has 0 radical (unpaired) electrons. The lowest BCUT2D eigenvalue weighted by Gasteiger charge is -2.12. The van der Waals surface area contributed by atoms with E-state index in [1.807, 2.05) is 6.08 Å². The summed E-state index contributed by atoms with van der Waals surface area (Å²) in [6.45, 7) is 10.6. The minimum atomic E-state index is 0.702. The van der Waals surface area contributed by atoms with Crippen LogP contribution in [-0.4, -0.2) is 13.2 Å². The molecule has 1 aromatic carbocycles. The lowest BCUT2D eigenvalue weighted by molar-refractivity contribution is 0.320. The Morgan fingerprint density at radius 3 is 2.94 bits per heavy atom. The quantitative estimate of drug-likeness (QED) is 0.548. The Hall–Kier alpha value is -1.28. The molecule has 0 aliphatic heterocycles. The van der Waals surface area contributed by atoms with Crippen LogP contribution in [0, 0.1) is 6.92 Å². The fourth-order valence-corrected chi connectivity index (χ4v) is 1.64. The molecule has 0 saturated heterocycles. The van der Waals surface area contributed by atoms with Gasteiger partial charge in [0.15, 0.2) is 0 Å². The van der Waals surface area contributed by atoms with Crippen molar-refractivity contribution >= 4 is 0 Å². The molecule has 2 nitrogen and oxygen atoms in total. The number of hydrogen-bond donors (Lipinski definition) is 1. The molecule has 0 fully saturated rings. The number of hydrogen-bond acceptors (Lipinski definition) is 2. The second-order valence-electron chi connectivity index (χ2n) is 4.21. The van der Waals surface area contributed by atoms with E-state index in [1.54, 1.807) is 0 Å². The van der Waals surface area contributed by atoms with E-state index in [9.17, 15) is 0 Å². The van der Waals surface area contributed by atoms with Crippen LogP contribution in [0.15, 0.2) is 30.9 Å². The van der Waals surface area contributed by atoms with Gasteiger partial charge in [0.25, 0.3) is 0 Å². The van der Waals surface area contributed by atoms with Gasteiger partial charge in [-0.25, -0.2) is 0 Å². The van der Waals surface area contributed by atoms with Gasteiger partial charge in [-0.15, -0.1) is 6.58 Å². The second-order valence-corrected chi connectivity index (χ2v) is 4.21. The Morgan fingerprint density at radius 2 is 2.24 bits per heavy atom. The van der Waals surface area contributed by atoms with Gasteiger partial charge in [-0.3, -0.25) is 0 Å². The lowest BCUT2D eigenvalue weighted by atomic mass is 10.1. The molecule has 0 spiro atoms. The van der Waals surface area contributed by atoms with Gasteiger partial charge in [0.1, 0.15) is 5.75 Å². The SMILES string of the molecule is C=CCCOc1ccc(C)cc1CNCCC. The zero-order valence-electron chi connectivity index (χ0n) is 11.0. The van der Waals surface area contributed by atoms with Crippen molar-refractivity contribution in [1.82, 2.24) is 5.32 Å². The Morgan fingerprint density at radius 1 is 1.41 bits per heavy atom. The fourth-order valence-electron chi connectivity index (χ4n) is 1.64. The third-order valence-electron chi connectivity index (χ3n) is 2.54. The van der Waals surface area contributed by atoms with Crippen LogP contribution in [0.3, 0.4) is 0 Å². The molecule has 0 atom stereocenters. The fraction of sp³-hybridized carbons (Fsp3) is 0.467. The van der Waals surface area contributed by atoms with Gasteiger partial charge in [-0.1, -0.05) is 30.7 Å². The number of rotatable bonds is 8. The normalized spacial score (nSPS) is 10.2. The summed E-state index contributed by atoms with van der Waals surface area (Å²) in [7, 11) is 0. The molecule has 1 aromatic rings. The van der Waals surface area contributed by atoms with Crippen LogP contribution in [0.4, 0.5) is 0 Å². The summed E-state index contributed by atoms with van der Waals surface area (Å²) >= 11 is 0. The van der Waals surface area contributed by atoms with E-state index in [0.717, 1.165) is 31.7 Å². The molecule has 0 unspecified atom stereocenters. The Bertz CT molecular complexity index is 347. The molecule has 0 aromatic heterocycles. The predicted molar refractivity (Wildman–Crippen MR) is 73.5 cm³/mol. The zero-order chi connectivity index (χ0) is 12.5. The molecular formula is C15H23NO. The maximum Gasteiger partial charge on any atom is 0.123 e. The summed E-state index contributed by atoms with van der Waals surface area (Å²) in [5.74, 6) is 0.987. The van der Waals surface area contributed by atoms with E-state index in [-0.39, 0.29) is 0 Å². The lowest BCUT2D eigenvalue weighted by Crippen LogP contribution is -2.15. The van der Waals surface area contributed by atoms with Gasteiger partial charge in [0.2, 0.25) is 0 Å². The van der Waals surface area contributed by atoms with Crippen LogP contribution in [0.2, 0.25) is 0 Å². The van der Waals surface area contributed by atoms with Crippen LogP contribution in [0.1, 0.15) is 30.9 Å². The van der Waals surface area contributed by atoms with Crippen LogP contribution in [0.25, 0.3) is 0 Å². The van der Waals surface area contributed by atoms with Gasteiger partial charge in [-0.2, -0.15) is 0 Å². The van der Waals surface area contributed by atoms with Crippen molar-refractivity contribution in [1.29, 1.82) is 0 Å². The van der Waals surface area contributed by atoms with E-state index in [1.165, 1.54) is 11.1 Å². The first-order chi connectivity index (χ1) is 8.27. The first-order valence-electron chi connectivity index (χ1n) is 6.32. The van der Waals surface area contributed by atoms with Crippen molar-refractivity contribution in [3.63, 3.8) is 0 Å². The number of benzene rings is 1. The smallest absolute Gasteiger partial charge is 0.123 e. The maximum absolute atomic E-state index is 5.75. The summed E-state index contributed by atoms with van der Waals surface area (Å²) in [6.07, 6.45) is 3.91. The number of nitrogens with one attached hydrogen (secondary N) is 1. The molecule has 1 rings (SSSR count). The molecule has 94 valence electrons. The molecule has 0 amide bonds. The van der Waals surface area contributed by atoms with E-state index >= 15 is 0 Å². The van der Waals surface area contributed by atoms with Crippen molar-refractivity contribution in [2.24, 2.45) is 0 Å². The molecule has 0 aliphatic rings. The van der Waals surface area contributed by atoms with Crippen LogP contribution in [-0.2, 0) is 6.54 Å². The monoisotopic (exact) mass is 233 g/mol. The van der Waals surface area contributed by atoms with Gasteiger partial charge < -0.3 is 10.1 Å². The summed E-state index contributed by atoms with van der Waals surface area (Å²) < 4.78 is 5.75. The summed E-state index contributed by atoms with van der Waals surface area (Å²) in [5, 5.41) is 3.41. The van der Waals surface area contributed by atoms with E-state index in [0.29, 0.717) is 6.61 Å². The highest BCUT2D eigenvalue weighted by Gasteiger charge is 2.03. The van der Waals surface area contributed by atoms with Gasteiger partial charge in [-0.05, 0) is 32.4 Å². The number of aryl methyl sites for hydroxylation is 1. The van der Waals surface area contributed by atoms with Crippen LogP contribution in [0.5, 0.6) is 5.75 Å². The zero-order valence-corrected chi connectivity index (χ0v) is 11.0. The topological polar surface area (TPSA) is 21.3 Å². The molecule has 0 heterocycles. The van der Waals surface area contributed by atoms with Crippen molar-refractivity contribution < 1.29 is 4.74 Å². The Balaban J connectivity index is 2.62. The van der Waals surface area contributed by atoms with E-state index in [2.05, 4.69) is 43.9 Å². The van der Waals surface area contributed by atoms with E-state index < -0.39 is 0 Å². The second kappa shape index (κ2) is 7.91. The van der Waals surface area contributed by atoms with Crippen molar-refractivity contribution in [3.8, 4) is 5.75 Å². The van der Waals surface area contributed by atoms with Gasteiger partial charge in [0, 0.05) is 12.1 Å². The molecule has 0 saturated carbocycles. The van der Waals surface area contributed by atoms with Crippen molar-refractivity contribution in [2.75, 3.05) is 13.2 Å². The van der Waals surface area contributed by atoms with Crippen molar-refractivity contribution in [3.05, 3.63) is 42.0 Å². The summed E-state index contributed by atoms with van der Waals surface area (Å²) in [4.78, 5) is 0. The molecule has 0 bridgehead atoms. The molecule has 0 aliphatic carbocycles.